The summed E-state index contributed by atoms with van der Waals surface area (Å²) in [6.45, 7) is 25.5. The van der Waals surface area contributed by atoms with Crippen LogP contribution in [0.4, 0.5) is 0 Å². The van der Waals surface area contributed by atoms with Crippen LogP contribution in [-0.2, 0) is 37.4 Å². The van der Waals surface area contributed by atoms with Gasteiger partial charge in [0.25, 0.3) is 0 Å². The van der Waals surface area contributed by atoms with Crippen molar-refractivity contribution in [3.8, 4) is 17.2 Å². The second kappa shape index (κ2) is 11.2. The average Bonchev–Trinajstić information content (AvgIpc) is 3.18. The minimum absolute atomic E-state index is 0.0484. The van der Waals surface area contributed by atoms with Gasteiger partial charge in [0.15, 0.2) is 11.5 Å². The summed E-state index contributed by atoms with van der Waals surface area (Å²) >= 11 is 0. The normalized spacial score (nSPS) is 16.8. The van der Waals surface area contributed by atoms with Gasteiger partial charge in [0.2, 0.25) is 0 Å². The number of carbonyl (C=O) groups is 1. The van der Waals surface area contributed by atoms with Crippen molar-refractivity contribution in [2.24, 2.45) is 5.92 Å². The predicted molar refractivity (Wildman–Crippen MR) is 163 cm³/mol. The van der Waals surface area contributed by atoms with Crippen LogP contribution in [0.15, 0.2) is 24.3 Å². The quantitative estimate of drug-likeness (QED) is 0.322. The third-order valence-corrected chi connectivity index (χ3v) is 8.42. The molecule has 2 atom stereocenters. The van der Waals surface area contributed by atoms with Crippen LogP contribution >= 0.6 is 8.60 Å². The maximum Gasteiger partial charge on any atom is 0.463 e. The first-order valence-corrected chi connectivity index (χ1v) is 15.3. The number of aliphatic carboxylic acids is 1. The fourth-order valence-corrected chi connectivity index (χ4v) is 5.83. The van der Waals surface area contributed by atoms with Crippen molar-refractivity contribution >= 4 is 14.6 Å². The molecular weight excluding hydrogens is 523 g/mol. The Kier molecular flexibility index (Phi) is 9.00. The van der Waals surface area contributed by atoms with E-state index in [0.29, 0.717) is 24.3 Å². The standard InChI is InChI=1S/C33H49O6P/c1-30(2,3)22-18-25(33(10,11)12)28-26(19-22)38-40(39-28)37-14-13-21(29(35)36)15-20-16-23(31(4,5)6)27(34)24(17-20)32(7,8)9/h16-19,21,34H,13-15H2,1-12H3,(H,35,36). The number of carboxylic acid groups (broad SMARTS) is 1. The molecule has 0 spiro atoms. The van der Waals surface area contributed by atoms with E-state index in [-0.39, 0.29) is 28.3 Å². The number of benzene rings is 2. The number of carboxylic acids is 1. The molecule has 0 aliphatic carbocycles. The Morgan fingerprint density at radius 3 is 1.77 bits per heavy atom. The van der Waals surface area contributed by atoms with Gasteiger partial charge in [0.1, 0.15) is 5.75 Å². The maximum atomic E-state index is 12.3. The summed E-state index contributed by atoms with van der Waals surface area (Å²) in [4.78, 5) is 12.3. The summed E-state index contributed by atoms with van der Waals surface area (Å²) in [6.07, 6.45) is 0.654. The van der Waals surface area contributed by atoms with Crippen LogP contribution in [0.1, 0.15) is 117 Å². The average molecular weight is 573 g/mol. The minimum atomic E-state index is -1.66. The highest BCUT2D eigenvalue weighted by Gasteiger charge is 2.36. The van der Waals surface area contributed by atoms with Gasteiger partial charge in [0, 0.05) is 5.56 Å². The molecule has 2 unspecified atom stereocenters. The second-order valence-corrected chi connectivity index (χ2v) is 16.2. The lowest BCUT2D eigenvalue weighted by Gasteiger charge is -2.28. The van der Waals surface area contributed by atoms with Gasteiger partial charge in [-0.05, 0) is 62.8 Å². The van der Waals surface area contributed by atoms with E-state index in [2.05, 4.69) is 89.2 Å². The minimum Gasteiger partial charge on any atom is -0.507 e. The van der Waals surface area contributed by atoms with Crippen molar-refractivity contribution in [2.45, 2.75) is 118 Å². The summed E-state index contributed by atoms with van der Waals surface area (Å²) in [5.41, 5.74) is 4.04. The molecule has 6 nitrogen and oxygen atoms in total. The van der Waals surface area contributed by atoms with Gasteiger partial charge >= 0.3 is 14.6 Å². The molecule has 0 radical (unpaired) electrons. The summed E-state index contributed by atoms with van der Waals surface area (Å²) < 4.78 is 18.3. The number of aromatic hydroxyl groups is 1. The number of phenols is 1. The van der Waals surface area contributed by atoms with Crippen LogP contribution in [0.2, 0.25) is 0 Å². The van der Waals surface area contributed by atoms with Crippen molar-refractivity contribution in [1.29, 1.82) is 0 Å². The Labute approximate surface area is 242 Å². The Morgan fingerprint density at radius 1 is 0.800 bits per heavy atom. The van der Waals surface area contributed by atoms with Crippen molar-refractivity contribution in [3.05, 3.63) is 52.1 Å². The Bertz CT molecular complexity index is 1200. The molecular formula is C33H49O6P. The lowest BCUT2D eigenvalue weighted by molar-refractivity contribution is -0.142. The van der Waals surface area contributed by atoms with Gasteiger partial charge in [-0.25, -0.2) is 0 Å². The predicted octanol–water partition coefficient (Wildman–Crippen LogP) is 8.93. The summed E-state index contributed by atoms with van der Waals surface area (Å²) in [5.74, 6) is 0.172. The zero-order chi connectivity index (χ0) is 30.4. The molecule has 1 aliphatic heterocycles. The van der Waals surface area contributed by atoms with E-state index < -0.39 is 20.5 Å². The van der Waals surface area contributed by atoms with E-state index in [0.717, 1.165) is 28.0 Å². The Morgan fingerprint density at radius 2 is 1.32 bits per heavy atom. The first-order chi connectivity index (χ1) is 18.1. The van der Waals surface area contributed by atoms with E-state index in [1.54, 1.807) is 0 Å². The third-order valence-electron chi connectivity index (χ3n) is 7.35. The van der Waals surface area contributed by atoms with E-state index in [1.807, 2.05) is 18.2 Å². The van der Waals surface area contributed by atoms with Crippen molar-refractivity contribution in [1.82, 2.24) is 0 Å². The molecule has 0 saturated heterocycles. The lowest BCUT2D eigenvalue weighted by atomic mass is 9.77. The molecule has 0 bridgehead atoms. The third kappa shape index (κ3) is 7.50. The number of rotatable bonds is 7. The summed E-state index contributed by atoms with van der Waals surface area (Å²) in [7, 11) is -1.66. The van der Waals surface area contributed by atoms with E-state index in [9.17, 15) is 15.0 Å². The number of phenolic OH excluding ortho intramolecular Hbond substituents is 1. The molecule has 3 rings (SSSR count). The van der Waals surface area contributed by atoms with E-state index >= 15 is 0 Å². The van der Waals surface area contributed by atoms with Gasteiger partial charge in [0.05, 0.1) is 12.5 Å². The van der Waals surface area contributed by atoms with Crippen LogP contribution in [0.3, 0.4) is 0 Å². The Balaban J connectivity index is 1.76. The molecule has 2 N–H and O–H groups in total. The molecule has 7 heteroatoms. The topological polar surface area (TPSA) is 85.2 Å². The first kappa shape index (κ1) is 32.2. The molecule has 1 aliphatic rings. The molecule has 222 valence electrons. The van der Waals surface area contributed by atoms with E-state index in [1.165, 1.54) is 5.56 Å². The monoisotopic (exact) mass is 572 g/mol. The molecule has 1 heterocycles. The largest absolute Gasteiger partial charge is 0.507 e. The molecule has 40 heavy (non-hydrogen) atoms. The van der Waals surface area contributed by atoms with E-state index in [4.69, 9.17) is 13.6 Å². The Hall–Kier alpha value is -2.30. The van der Waals surface area contributed by atoms with Gasteiger partial charge in [-0.3, -0.25) is 9.32 Å². The molecule has 0 fully saturated rings. The van der Waals surface area contributed by atoms with Crippen molar-refractivity contribution < 1.29 is 28.6 Å². The smallest absolute Gasteiger partial charge is 0.463 e. The van der Waals surface area contributed by atoms with Gasteiger partial charge in [-0.1, -0.05) is 101 Å². The van der Waals surface area contributed by atoms with Crippen LogP contribution in [0.25, 0.3) is 0 Å². The fraction of sp³-hybridized carbons (Fsp3) is 0.606. The molecule has 2 aromatic carbocycles. The number of fused-ring (bicyclic) bond motifs is 1. The summed E-state index contributed by atoms with van der Waals surface area (Å²) in [5, 5.41) is 21.1. The fourth-order valence-electron chi connectivity index (χ4n) is 4.80. The van der Waals surface area contributed by atoms with Crippen LogP contribution in [0, 0.1) is 5.92 Å². The molecule has 2 aromatic rings. The highest BCUT2D eigenvalue weighted by atomic mass is 31.2. The first-order valence-electron chi connectivity index (χ1n) is 14.2. The van der Waals surface area contributed by atoms with Gasteiger partial charge in [-0.2, -0.15) is 0 Å². The summed E-state index contributed by atoms with van der Waals surface area (Å²) in [6, 6.07) is 8.12. The van der Waals surface area contributed by atoms with Gasteiger partial charge in [-0.15, -0.1) is 0 Å². The molecule has 0 saturated carbocycles. The molecule has 0 aromatic heterocycles. The van der Waals surface area contributed by atoms with Gasteiger partial charge < -0.3 is 19.3 Å². The highest BCUT2D eigenvalue weighted by Crippen LogP contribution is 2.57. The van der Waals surface area contributed by atoms with Crippen molar-refractivity contribution in [3.63, 3.8) is 0 Å². The highest BCUT2D eigenvalue weighted by molar-refractivity contribution is 7.43. The maximum absolute atomic E-state index is 12.3. The molecule has 0 amide bonds. The zero-order valence-electron chi connectivity index (χ0n) is 26.5. The van der Waals surface area contributed by atoms with Crippen LogP contribution in [0.5, 0.6) is 17.2 Å². The number of hydrogen-bond acceptors (Lipinski definition) is 5. The lowest BCUT2D eigenvalue weighted by Crippen LogP contribution is -2.21. The van der Waals surface area contributed by atoms with Crippen LogP contribution < -0.4 is 9.05 Å². The SMILES string of the molecule is CC(C)(C)c1cc2c(c(C(C)(C)C)c1)OP(OCCC(Cc1cc(C(C)(C)C)c(O)c(C(C)(C)C)c1)C(=O)O)O2. The number of hydrogen-bond donors (Lipinski definition) is 2. The van der Waals surface area contributed by atoms with Crippen LogP contribution in [-0.4, -0.2) is 22.8 Å². The zero-order valence-corrected chi connectivity index (χ0v) is 27.4. The second-order valence-electron chi connectivity index (χ2n) is 15.2. The van der Waals surface area contributed by atoms with Crippen molar-refractivity contribution in [2.75, 3.05) is 6.61 Å².